The summed E-state index contributed by atoms with van der Waals surface area (Å²) in [5.74, 6) is -2.38. The predicted octanol–water partition coefficient (Wildman–Crippen LogP) is 5.24. The summed E-state index contributed by atoms with van der Waals surface area (Å²) in [6, 6.07) is 12.7. The minimum absolute atomic E-state index is 0.0937. The molecule has 4 atom stereocenters. The summed E-state index contributed by atoms with van der Waals surface area (Å²) in [7, 11) is 0. The molecule has 3 saturated heterocycles. The molecule has 3 aromatic carbocycles. The van der Waals surface area contributed by atoms with E-state index in [0.717, 1.165) is 39.8 Å². The number of nitrogens with one attached hydrogen (secondary N) is 3. The number of rotatable bonds is 7. The number of nitrogens with zero attached hydrogens (tertiary/aromatic N) is 3. The lowest BCUT2D eigenvalue weighted by molar-refractivity contribution is -0.138. The Morgan fingerprint density at radius 2 is 1.12 bits per heavy atom. The van der Waals surface area contributed by atoms with Crippen molar-refractivity contribution in [3.63, 3.8) is 0 Å². The molecule has 0 aromatic heterocycles. The minimum Gasteiger partial charge on any atom is -0.322 e. The van der Waals surface area contributed by atoms with Crippen molar-refractivity contribution in [1.82, 2.24) is 30.7 Å². The van der Waals surface area contributed by atoms with Gasteiger partial charge in [-0.3, -0.25) is 59.1 Å². The van der Waals surface area contributed by atoms with Gasteiger partial charge in [-0.15, -0.1) is 0 Å². The van der Waals surface area contributed by atoms with E-state index in [1.807, 2.05) is 50.2 Å². The molecule has 342 valence electrons. The third-order valence-corrected chi connectivity index (χ3v) is 13.0. The Balaban J connectivity index is 0.000000145. The molecule has 6 aliphatic heterocycles. The van der Waals surface area contributed by atoms with Crippen LogP contribution in [0.4, 0.5) is 4.39 Å². The number of aryl methyl sites for hydroxylation is 1. The van der Waals surface area contributed by atoms with E-state index < -0.39 is 24.0 Å². The Labute approximate surface area is 376 Å². The molecule has 0 saturated carbocycles. The van der Waals surface area contributed by atoms with Crippen molar-refractivity contribution in [2.24, 2.45) is 0 Å². The molecule has 9 amide bonds. The molecular weight excluding hydrogens is 836 g/mol. The van der Waals surface area contributed by atoms with Crippen LogP contribution in [0, 0.1) is 5.82 Å². The predicted molar refractivity (Wildman–Crippen MR) is 234 cm³/mol. The maximum Gasteiger partial charge on any atom is 0.255 e. The number of imide groups is 3. The second-order valence-electron chi connectivity index (χ2n) is 18.0. The molecule has 65 heavy (non-hydrogen) atoms. The number of benzene rings is 3. The summed E-state index contributed by atoms with van der Waals surface area (Å²) in [6.07, 6.45) is 3.33. The number of hydrogen-bond acceptors (Lipinski definition) is 9. The van der Waals surface area contributed by atoms with E-state index in [1.165, 1.54) is 11.0 Å². The molecule has 0 radical (unpaired) electrons. The zero-order valence-electron chi connectivity index (χ0n) is 37.5. The first kappa shape index (κ1) is 46.4. The lowest BCUT2D eigenvalue weighted by Gasteiger charge is -2.33. The quantitative estimate of drug-likeness (QED) is 0.266. The average Bonchev–Trinajstić information content (AvgIpc) is 3.85. The van der Waals surface area contributed by atoms with Gasteiger partial charge in [-0.2, -0.15) is 0 Å². The van der Waals surface area contributed by atoms with Crippen LogP contribution in [-0.4, -0.2) is 86.0 Å². The first-order valence-corrected chi connectivity index (χ1v) is 22.4. The fourth-order valence-electron chi connectivity index (χ4n) is 9.78. The van der Waals surface area contributed by atoms with E-state index >= 15 is 0 Å². The van der Waals surface area contributed by atoms with Crippen LogP contribution in [-0.2, 0) is 48.3 Å². The zero-order valence-corrected chi connectivity index (χ0v) is 37.5. The highest BCUT2D eigenvalue weighted by atomic mass is 19.1. The first-order valence-electron chi connectivity index (χ1n) is 22.4. The maximum atomic E-state index is 14.0. The third-order valence-electron chi connectivity index (χ3n) is 13.0. The van der Waals surface area contributed by atoms with Crippen LogP contribution in [0.3, 0.4) is 0 Å². The highest BCUT2D eigenvalue weighted by Crippen LogP contribution is 2.41. The van der Waals surface area contributed by atoms with Crippen molar-refractivity contribution < 1.29 is 47.5 Å². The van der Waals surface area contributed by atoms with Crippen molar-refractivity contribution in [3.05, 3.63) is 104 Å². The van der Waals surface area contributed by atoms with Gasteiger partial charge in [0.05, 0.1) is 6.04 Å². The highest BCUT2D eigenvalue weighted by molar-refractivity contribution is 6.08. The maximum absolute atomic E-state index is 14.0. The second-order valence-corrected chi connectivity index (χ2v) is 18.0. The summed E-state index contributed by atoms with van der Waals surface area (Å²) < 4.78 is 14.0. The van der Waals surface area contributed by atoms with Crippen LogP contribution in [0.15, 0.2) is 48.5 Å². The number of halogens is 1. The number of hydrogen-bond donors (Lipinski definition) is 3. The van der Waals surface area contributed by atoms with Gasteiger partial charge < -0.3 is 14.7 Å². The van der Waals surface area contributed by atoms with E-state index in [-0.39, 0.29) is 90.8 Å². The van der Waals surface area contributed by atoms with Crippen molar-refractivity contribution in [2.45, 2.75) is 142 Å². The molecule has 15 nitrogen and oxygen atoms in total. The van der Waals surface area contributed by atoms with Crippen LogP contribution in [0.1, 0.15) is 169 Å². The first-order chi connectivity index (χ1) is 30.9. The molecule has 4 unspecified atom stereocenters. The summed E-state index contributed by atoms with van der Waals surface area (Å²) in [4.78, 5) is 112. The van der Waals surface area contributed by atoms with Gasteiger partial charge in [-0.25, -0.2) is 4.39 Å². The highest BCUT2D eigenvalue weighted by Gasteiger charge is 2.45. The van der Waals surface area contributed by atoms with Crippen LogP contribution in [0.25, 0.3) is 0 Å². The standard InChI is InChI=1S/C17H20N2O3.C16H17FN2O3.C16H18N2O3/c1-9(2)11-5-4-6-12-15(11)10(3)19(17(12)22)13-7-8-14(20)18-16(13)21;1-2-3-9-6-10-8-19(16(22)11(10)7-12(9)17)13-4-5-14(20)18-15(13)21;1-9(2)11-5-3-4-10-8-18(16(21)14(10)11)12-6-7-13(19)17-15(12)20/h4-6,9-10,13H,7-8H2,1-3H3,(H,18,20,21);6-7,13H,2-5,8H2,1H3,(H,18,20,21);3-5,9,12H,6-8H2,1-2H3,(H,17,19,20). The monoisotopic (exact) mass is 890 g/mol. The van der Waals surface area contributed by atoms with E-state index in [1.54, 1.807) is 15.9 Å². The fraction of sp³-hybridized carbons (Fsp3) is 0.449. The van der Waals surface area contributed by atoms with E-state index in [0.29, 0.717) is 54.8 Å². The van der Waals surface area contributed by atoms with Crippen LogP contribution in [0.2, 0.25) is 0 Å². The van der Waals surface area contributed by atoms with Gasteiger partial charge >= 0.3 is 0 Å². The van der Waals surface area contributed by atoms with Crippen LogP contribution >= 0.6 is 0 Å². The molecule has 6 heterocycles. The normalized spacial score (nSPS) is 22.5. The molecule has 3 aromatic rings. The summed E-state index contributed by atoms with van der Waals surface area (Å²) >= 11 is 0. The SMILES string of the molecule is CC(C)c1cccc2c1C(=O)N(C1CCC(=O)NC1=O)C2.CC(C)c1cccc2c1C(C)N(C1CCC(=O)NC1=O)C2=O.CCCc1cc2c(cc1F)C(=O)N(C1CCC(=O)NC1=O)C2. The number of carbonyl (C=O) groups is 9. The van der Waals surface area contributed by atoms with Gasteiger partial charge in [0.15, 0.2) is 0 Å². The van der Waals surface area contributed by atoms with Crippen molar-refractivity contribution in [2.75, 3.05) is 0 Å². The zero-order chi connectivity index (χ0) is 47.0. The van der Waals surface area contributed by atoms with Gasteiger partial charge in [-0.05, 0) is 90.0 Å². The van der Waals surface area contributed by atoms with Gasteiger partial charge in [-0.1, -0.05) is 77.4 Å². The molecule has 9 rings (SSSR count). The summed E-state index contributed by atoms with van der Waals surface area (Å²) in [5.41, 5.74) is 7.24. The van der Waals surface area contributed by atoms with Gasteiger partial charge in [0.1, 0.15) is 23.9 Å². The largest absolute Gasteiger partial charge is 0.322 e. The van der Waals surface area contributed by atoms with Crippen molar-refractivity contribution >= 4 is 53.2 Å². The molecular formula is C49H55FN6O9. The molecule has 3 N–H and O–H groups in total. The number of amides is 9. The molecule has 6 aliphatic rings. The Morgan fingerprint density at radius 3 is 1.66 bits per heavy atom. The Bertz CT molecular complexity index is 2520. The molecule has 0 bridgehead atoms. The van der Waals surface area contributed by atoms with E-state index in [4.69, 9.17) is 0 Å². The van der Waals surface area contributed by atoms with Gasteiger partial charge in [0, 0.05) is 49.0 Å². The van der Waals surface area contributed by atoms with Gasteiger partial charge in [0.2, 0.25) is 35.4 Å². The van der Waals surface area contributed by atoms with Crippen LogP contribution < -0.4 is 16.0 Å². The van der Waals surface area contributed by atoms with Crippen LogP contribution in [0.5, 0.6) is 0 Å². The molecule has 0 spiro atoms. The van der Waals surface area contributed by atoms with E-state index in [2.05, 4.69) is 43.6 Å². The molecule has 16 heteroatoms. The third kappa shape index (κ3) is 9.07. The number of fused-ring (bicyclic) bond motifs is 3. The summed E-state index contributed by atoms with van der Waals surface area (Å²) in [5, 5.41) is 6.91. The van der Waals surface area contributed by atoms with Crippen molar-refractivity contribution in [1.29, 1.82) is 0 Å². The van der Waals surface area contributed by atoms with Gasteiger partial charge in [0.25, 0.3) is 17.7 Å². The lowest BCUT2D eigenvalue weighted by atomic mass is 9.91. The average molecular weight is 891 g/mol. The topological polar surface area (TPSA) is 199 Å². The van der Waals surface area contributed by atoms with Crippen molar-refractivity contribution in [3.8, 4) is 0 Å². The Morgan fingerprint density at radius 1 is 0.615 bits per heavy atom. The number of piperidine rings is 3. The molecule has 0 aliphatic carbocycles. The summed E-state index contributed by atoms with van der Waals surface area (Å²) in [6.45, 7) is 13.0. The Kier molecular flexibility index (Phi) is 13.5. The second kappa shape index (κ2) is 18.9. The number of carbonyl (C=O) groups excluding carboxylic acids is 9. The lowest BCUT2D eigenvalue weighted by Crippen LogP contribution is -2.53. The fourth-order valence-corrected chi connectivity index (χ4v) is 9.78. The Hall–Kier alpha value is -6.58. The van der Waals surface area contributed by atoms with E-state index in [9.17, 15) is 47.5 Å². The molecule has 3 fully saturated rings. The smallest absolute Gasteiger partial charge is 0.255 e. The minimum atomic E-state index is -0.657.